The van der Waals surface area contributed by atoms with E-state index in [-0.39, 0.29) is 17.9 Å². The molecule has 28 heavy (non-hydrogen) atoms. The zero-order chi connectivity index (χ0) is 19.7. The summed E-state index contributed by atoms with van der Waals surface area (Å²) >= 11 is 1.57. The van der Waals surface area contributed by atoms with Gasteiger partial charge in [-0.3, -0.25) is 9.59 Å². The summed E-state index contributed by atoms with van der Waals surface area (Å²) in [6, 6.07) is 19.2. The first-order chi connectivity index (χ1) is 13.6. The molecule has 2 amide bonds. The van der Waals surface area contributed by atoms with Crippen LogP contribution >= 0.6 is 11.3 Å². The average molecular weight is 391 g/mol. The van der Waals surface area contributed by atoms with Crippen LogP contribution in [-0.2, 0) is 11.3 Å². The van der Waals surface area contributed by atoms with Crippen LogP contribution in [0.15, 0.2) is 66.0 Å². The van der Waals surface area contributed by atoms with E-state index < -0.39 is 5.92 Å². The quantitative estimate of drug-likeness (QED) is 0.723. The van der Waals surface area contributed by atoms with E-state index in [2.05, 4.69) is 5.32 Å². The average Bonchev–Trinajstić information content (AvgIpc) is 3.24. The number of aryl methyl sites for hydroxylation is 1. The molecule has 142 valence electrons. The molecule has 0 aliphatic carbocycles. The molecule has 0 saturated carbocycles. The van der Waals surface area contributed by atoms with Crippen molar-refractivity contribution in [3.63, 3.8) is 0 Å². The van der Waals surface area contributed by atoms with E-state index in [1.165, 1.54) is 5.56 Å². The van der Waals surface area contributed by atoms with Gasteiger partial charge in [-0.25, -0.2) is 0 Å². The highest BCUT2D eigenvalue weighted by Crippen LogP contribution is 2.43. The summed E-state index contributed by atoms with van der Waals surface area (Å²) in [5.74, 6) is -0.551. The van der Waals surface area contributed by atoms with Gasteiger partial charge in [-0.1, -0.05) is 54.1 Å². The molecule has 0 unspecified atom stereocenters. The number of amides is 2. The van der Waals surface area contributed by atoms with Crippen LogP contribution in [0.1, 0.15) is 43.9 Å². The second-order valence-corrected chi connectivity index (χ2v) is 8.12. The largest absolute Gasteiger partial charge is 0.351 e. The van der Waals surface area contributed by atoms with E-state index in [1.807, 2.05) is 66.9 Å². The van der Waals surface area contributed by atoms with Gasteiger partial charge < -0.3 is 10.2 Å². The maximum Gasteiger partial charge on any atom is 0.254 e. The molecule has 1 aliphatic heterocycles. The maximum atomic E-state index is 13.3. The topological polar surface area (TPSA) is 49.4 Å². The standard InChI is InChI=1S/C23H22N2O2S/c1-15-9-11-16(12-10-15)14-24-22(26)20-17-6-3-4-7-18(17)23(27)25(2)21(20)19-8-5-13-28-19/h3-13,20-21H,14H2,1-2H3,(H,24,26)/t20-,21-/m1/s1. The molecule has 4 rings (SSSR count). The van der Waals surface area contributed by atoms with E-state index >= 15 is 0 Å². The Hall–Kier alpha value is -2.92. The third-order valence-electron chi connectivity index (χ3n) is 5.28. The van der Waals surface area contributed by atoms with Crippen molar-refractivity contribution in [1.29, 1.82) is 0 Å². The van der Waals surface area contributed by atoms with Crippen molar-refractivity contribution in [2.45, 2.75) is 25.4 Å². The van der Waals surface area contributed by atoms with Crippen LogP contribution < -0.4 is 5.32 Å². The van der Waals surface area contributed by atoms with Crippen LogP contribution in [0.3, 0.4) is 0 Å². The van der Waals surface area contributed by atoms with Gasteiger partial charge in [0.25, 0.3) is 5.91 Å². The van der Waals surface area contributed by atoms with Crippen LogP contribution in [0.2, 0.25) is 0 Å². The van der Waals surface area contributed by atoms with Crippen molar-refractivity contribution in [3.8, 4) is 0 Å². The first-order valence-electron chi connectivity index (χ1n) is 9.29. The Morgan fingerprint density at radius 2 is 1.82 bits per heavy atom. The fraction of sp³-hybridized carbons (Fsp3) is 0.217. The maximum absolute atomic E-state index is 13.3. The monoisotopic (exact) mass is 390 g/mol. The first-order valence-corrected chi connectivity index (χ1v) is 10.2. The second-order valence-electron chi connectivity index (χ2n) is 7.14. The number of rotatable bonds is 4. The van der Waals surface area contributed by atoms with Gasteiger partial charge >= 0.3 is 0 Å². The summed E-state index contributed by atoms with van der Waals surface area (Å²) in [7, 11) is 1.78. The number of fused-ring (bicyclic) bond motifs is 1. The Balaban J connectivity index is 1.68. The van der Waals surface area contributed by atoms with Gasteiger partial charge in [-0.2, -0.15) is 0 Å². The zero-order valence-electron chi connectivity index (χ0n) is 15.9. The highest BCUT2D eigenvalue weighted by atomic mass is 32.1. The molecular formula is C23H22N2O2S. The normalized spacial score (nSPS) is 18.6. The molecule has 0 spiro atoms. The van der Waals surface area contributed by atoms with E-state index in [0.717, 1.165) is 16.0 Å². The molecule has 2 atom stereocenters. The molecular weight excluding hydrogens is 368 g/mol. The van der Waals surface area contributed by atoms with E-state index in [1.54, 1.807) is 29.4 Å². The molecule has 0 bridgehead atoms. The fourth-order valence-corrected chi connectivity index (χ4v) is 4.68. The third-order valence-corrected chi connectivity index (χ3v) is 6.23. The van der Waals surface area contributed by atoms with Crippen LogP contribution in [-0.4, -0.2) is 23.8 Å². The Morgan fingerprint density at radius 1 is 1.07 bits per heavy atom. The van der Waals surface area contributed by atoms with Crippen LogP contribution in [0.5, 0.6) is 0 Å². The SMILES string of the molecule is Cc1ccc(CNC(=O)[C@@H]2c3ccccc3C(=O)N(C)[C@@H]2c2cccs2)cc1. The summed E-state index contributed by atoms with van der Waals surface area (Å²) in [6.45, 7) is 2.51. The second kappa shape index (κ2) is 7.60. The number of carbonyl (C=O) groups is 2. The van der Waals surface area contributed by atoms with Gasteiger partial charge in [0.2, 0.25) is 5.91 Å². The molecule has 5 heteroatoms. The van der Waals surface area contributed by atoms with Gasteiger partial charge in [0.15, 0.2) is 0 Å². The van der Waals surface area contributed by atoms with Gasteiger partial charge in [-0.05, 0) is 35.6 Å². The Kier molecular flexibility index (Phi) is 5.01. The molecule has 1 aromatic heterocycles. The summed E-state index contributed by atoms with van der Waals surface area (Å²) in [4.78, 5) is 28.9. The smallest absolute Gasteiger partial charge is 0.254 e. The van der Waals surface area contributed by atoms with Gasteiger partial charge in [0.1, 0.15) is 0 Å². The Morgan fingerprint density at radius 3 is 2.54 bits per heavy atom. The molecule has 2 aromatic carbocycles. The number of hydrogen-bond acceptors (Lipinski definition) is 3. The van der Waals surface area contributed by atoms with Crippen molar-refractivity contribution in [2.24, 2.45) is 0 Å². The molecule has 0 radical (unpaired) electrons. The Labute approximate surface area is 168 Å². The predicted octanol–water partition coefficient (Wildman–Crippen LogP) is 4.28. The minimum atomic E-state index is -0.442. The number of likely N-dealkylation sites (N-methyl/N-ethyl adjacent to an activating group) is 1. The Bertz CT molecular complexity index is 996. The van der Waals surface area contributed by atoms with Gasteiger partial charge in [-0.15, -0.1) is 11.3 Å². The van der Waals surface area contributed by atoms with Crippen molar-refractivity contribution >= 4 is 23.2 Å². The van der Waals surface area contributed by atoms with Crippen molar-refractivity contribution < 1.29 is 9.59 Å². The highest BCUT2D eigenvalue weighted by molar-refractivity contribution is 7.10. The minimum absolute atomic E-state index is 0.0448. The van der Waals surface area contributed by atoms with Gasteiger partial charge in [0, 0.05) is 24.0 Å². The molecule has 3 aromatic rings. The molecule has 4 nitrogen and oxygen atoms in total. The lowest BCUT2D eigenvalue weighted by Crippen LogP contribution is -2.45. The van der Waals surface area contributed by atoms with E-state index in [0.29, 0.717) is 12.1 Å². The third kappa shape index (κ3) is 3.34. The van der Waals surface area contributed by atoms with Crippen molar-refractivity contribution in [1.82, 2.24) is 10.2 Å². The number of nitrogens with one attached hydrogen (secondary N) is 1. The molecule has 0 fully saturated rings. The first kappa shape index (κ1) is 18.4. The number of nitrogens with zero attached hydrogens (tertiary/aromatic N) is 1. The minimum Gasteiger partial charge on any atom is -0.351 e. The lowest BCUT2D eigenvalue weighted by Gasteiger charge is -2.39. The lowest BCUT2D eigenvalue weighted by molar-refractivity contribution is -0.124. The molecule has 0 saturated heterocycles. The summed E-state index contributed by atoms with van der Waals surface area (Å²) < 4.78 is 0. The van der Waals surface area contributed by atoms with Gasteiger partial charge in [0.05, 0.1) is 12.0 Å². The highest BCUT2D eigenvalue weighted by Gasteiger charge is 2.42. The van der Waals surface area contributed by atoms with Crippen LogP contribution in [0, 0.1) is 6.92 Å². The fourth-order valence-electron chi connectivity index (χ4n) is 3.78. The predicted molar refractivity (Wildman–Crippen MR) is 111 cm³/mol. The van der Waals surface area contributed by atoms with E-state index in [9.17, 15) is 9.59 Å². The summed E-state index contributed by atoms with van der Waals surface area (Å²) in [5, 5.41) is 5.07. The molecule has 1 N–H and O–H groups in total. The van der Waals surface area contributed by atoms with Crippen LogP contribution in [0.4, 0.5) is 0 Å². The molecule has 2 heterocycles. The summed E-state index contributed by atoms with van der Waals surface area (Å²) in [6.07, 6.45) is 0. The summed E-state index contributed by atoms with van der Waals surface area (Å²) in [5.41, 5.74) is 3.65. The van der Waals surface area contributed by atoms with Crippen molar-refractivity contribution in [2.75, 3.05) is 7.05 Å². The van der Waals surface area contributed by atoms with Crippen molar-refractivity contribution in [3.05, 3.63) is 93.2 Å². The lowest BCUT2D eigenvalue weighted by atomic mass is 9.81. The zero-order valence-corrected chi connectivity index (χ0v) is 16.7. The number of thiophene rings is 1. The van der Waals surface area contributed by atoms with E-state index in [4.69, 9.17) is 0 Å². The number of carbonyl (C=O) groups excluding carboxylic acids is 2. The molecule has 1 aliphatic rings. The number of hydrogen-bond donors (Lipinski definition) is 1. The van der Waals surface area contributed by atoms with Crippen LogP contribution in [0.25, 0.3) is 0 Å². The number of benzene rings is 2.